The maximum atomic E-state index is 13.1. The Kier molecular flexibility index (Phi) is 4.00. The smallest absolute Gasteiger partial charge is 0.399 e. The molecule has 3 rings (SSSR count). The zero-order chi connectivity index (χ0) is 18.2. The summed E-state index contributed by atoms with van der Waals surface area (Å²) in [4.78, 5) is 12.7. The zero-order valence-corrected chi connectivity index (χ0v) is 12.9. The summed E-state index contributed by atoms with van der Waals surface area (Å²) in [6.07, 6.45) is -5.60. The Morgan fingerprint density at radius 1 is 1.12 bits per heavy atom. The summed E-state index contributed by atoms with van der Waals surface area (Å²) >= 11 is 0. The molecular formula is C17H14F3N3O2. The average Bonchev–Trinajstić information content (AvgIpc) is 2.95. The van der Waals surface area contributed by atoms with Crippen LogP contribution in [0.2, 0.25) is 0 Å². The van der Waals surface area contributed by atoms with Gasteiger partial charge >= 0.3 is 6.18 Å². The fourth-order valence-corrected chi connectivity index (χ4v) is 2.59. The molecule has 3 N–H and O–H groups in total. The van der Waals surface area contributed by atoms with Crippen LogP contribution in [0.4, 0.5) is 18.9 Å². The molecule has 0 saturated carbocycles. The molecule has 25 heavy (non-hydrogen) atoms. The Bertz CT molecular complexity index is 819. The van der Waals surface area contributed by atoms with E-state index < -0.39 is 29.9 Å². The van der Waals surface area contributed by atoms with Gasteiger partial charge in [-0.2, -0.15) is 23.3 Å². The highest BCUT2D eigenvalue weighted by molar-refractivity contribution is 6.00. The van der Waals surface area contributed by atoms with E-state index in [1.807, 2.05) is 0 Å². The Labute approximate surface area is 141 Å². The maximum Gasteiger partial charge on any atom is 0.431 e. The van der Waals surface area contributed by atoms with Crippen LogP contribution in [0, 0.1) is 0 Å². The molecular weight excluding hydrogens is 335 g/mol. The Morgan fingerprint density at radius 2 is 1.72 bits per heavy atom. The number of carbonyl (C=O) groups is 1. The summed E-state index contributed by atoms with van der Waals surface area (Å²) in [5.41, 5.74) is 2.72. The van der Waals surface area contributed by atoms with Crippen molar-refractivity contribution in [2.24, 2.45) is 5.10 Å². The summed E-state index contributed by atoms with van der Waals surface area (Å²) < 4.78 is 39.3. The van der Waals surface area contributed by atoms with E-state index >= 15 is 0 Å². The van der Waals surface area contributed by atoms with Gasteiger partial charge < -0.3 is 10.8 Å². The second kappa shape index (κ2) is 5.89. The number of hydrogen-bond donors (Lipinski definition) is 2. The number of halogens is 3. The van der Waals surface area contributed by atoms with E-state index in [2.05, 4.69) is 5.10 Å². The van der Waals surface area contributed by atoms with Crippen LogP contribution in [-0.4, -0.2) is 27.9 Å². The van der Waals surface area contributed by atoms with Gasteiger partial charge in [0.05, 0.1) is 6.42 Å². The zero-order valence-electron chi connectivity index (χ0n) is 12.9. The van der Waals surface area contributed by atoms with E-state index in [1.165, 1.54) is 36.4 Å². The first-order valence-electron chi connectivity index (χ1n) is 7.34. The van der Waals surface area contributed by atoms with Gasteiger partial charge in [0.2, 0.25) is 0 Å². The highest BCUT2D eigenvalue weighted by Crippen LogP contribution is 2.40. The molecule has 1 aliphatic rings. The number of nitrogens with two attached hydrogens (primary N) is 1. The SMILES string of the molecule is Nc1ccc(C(=O)N2N=C(C(F)(F)F)C[C@]2(O)c2ccccc2)cc1. The van der Waals surface area contributed by atoms with Crippen LogP contribution in [0.15, 0.2) is 59.7 Å². The van der Waals surface area contributed by atoms with Crippen molar-refractivity contribution in [3.8, 4) is 0 Å². The van der Waals surface area contributed by atoms with E-state index in [0.29, 0.717) is 10.7 Å². The van der Waals surface area contributed by atoms with Crippen molar-refractivity contribution in [3.63, 3.8) is 0 Å². The van der Waals surface area contributed by atoms with Crippen LogP contribution in [0.25, 0.3) is 0 Å². The van der Waals surface area contributed by atoms with Gasteiger partial charge in [-0.1, -0.05) is 30.3 Å². The van der Waals surface area contributed by atoms with Crippen LogP contribution >= 0.6 is 0 Å². The Hall–Kier alpha value is -2.87. The predicted molar refractivity (Wildman–Crippen MR) is 85.5 cm³/mol. The molecule has 0 radical (unpaired) electrons. The minimum Gasteiger partial charge on any atom is -0.399 e. The van der Waals surface area contributed by atoms with E-state index in [1.54, 1.807) is 18.2 Å². The molecule has 0 aliphatic carbocycles. The summed E-state index contributed by atoms with van der Waals surface area (Å²) in [5, 5.41) is 14.8. The summed E-state index contributed by atoms with van der Waals surface area (Å²) in [7, 11) is 0. The third-order valence-electron chi connectivity index (χ3n) is 3.90. The topological polar surface area (TPSA) is 78.9 Å². The fourth-order valence-electron chi connectivity index (χ4n) is 2.59. The molecule has 130 valence electrons. The second-order valence-electron chi connectivity index (χ2n) is 5.64. The number of alkyl halides is 3. The average molecular weight is 349 g/mol. The van der Waals surface area contributed by atoms with Crippen molar-refractivity contribution < 1.29 is 23.1 Å². The van der Waals surface area contributed by atoms with E-state index in [9.17, 15) is 23.1 Å². The van der Waals surface area contributed by atoms with Gasteiger partial charge in [-0.15, -0.1) is 0 Å². The second-order valence-corrected chi connectivity index (χ2v) is 5.64. The lowest BCUT2D eigenvalue weighted by atomic mass is 9.96. The maximum absolute atomic E-state index is 13.1. The van der Waals surface area contributed by atoms with E-state index in [-0.39, 0.29) is 11.1 Å². The van der Waals surface area contributed by atoms with Crippen LogP contribution in [-0.2, 0) is 5.72 Å². The van der Waals surface area contributed by atoms with Crippen LogP contribution in [0.3, 0.4) is 0 Å². The monoisotopic (exact) mass is 349 g/mol. The van der Waals surface area contributed by atoms with Crippen molar-refractivity contribution in [3.05, 3.63) is 65.7 Å². The van der Waals surface area contributed by atoms with Crippen molar-refractivity contribution >= 4 is 17.3 Å². The summed E-state index contributed by atoms with van der Waals surface area (Å²) in [5.74, 6) is -0.856. The molecule has 0 bridgehead atoms. The number of aliphatic hydroxyl groups is 1. The molecule has 1 atom stereocenters. The number of benzene rings is 2. The normalized spacial score (nSPS) is 20.5. The molecule has 0 aromatic heterocycles. The highest BCUT2D eigenvalue weighted by Gasteiger charge is 2.53. The standard InChI is InChI=1S/C17H14F3N3O2/c18-17(19,20)14-10-16(25,12-4-2-1-3-5-12)23(22-14)15(24)11-6-8-13(21)9-7-11/h1-9,25H,10,21H2/t16-/m0/s1. The third kappa shape index (κ3) is 3.08. The largest absolute Gasteiger partial charge is 0.431 e. The molecule has 0 saturated heterocycles. The van der Waals surface area contributed by atoms with E-state index in [0.717, 1.165) is 0 Å². The van der Waals surface area contributed by atoms with Gasteiger partial charge in [-0.25, -0.2) is 0 Å². The van der Waals surface area contributed by atoms with Crippen molar-refractivity contribution in [1.82, 2.24) is 5.01 Å². The molecule has 0 unspecified atom stereocenters. The lowest BCUT2D eigenvalue weighted by Crippen LogP contribution is -2.43. The first-order valence-corrected chi connectivity index (χ1v) is 7.34. The molecule has 0 fully saturated rings. The van der Waals surface area contributed by atoms with Gasteiger partial charge in [-0.3, -0.25) is 4.79 Å². The lowest BCUT2D eigenvalue weighted by Gasteiger charge is -2.31. The number of nitrogen functional groups attached to an aromatic ring is 1. The van der Waals surface area contributed by atoms with E-state index in [4.69, 9.17) is 5.73 Å². The van der Waals surface area contributed by atoms with Gasteiger partial charge in [0.15, 0.2) is 5.72 Å². The number of amides is 1. The van der Waals surface area contributed by atoms with Crippen molar-refractivity contribution in [2.75, 3.05) is 5.73 Å². The van der Waals surface area contributed by atoms with Crippen molar-refractivity contribution in [1.29, 1.82) is 0 Å². The molecule has 8 heteroatoms. The van der Waals surface area contributed by atoms with Gasteiger partial charge in [0.1, 0.15) is 5.71 Å². The first-order chi connectivity index (χ1) is 11.7. The summed E-state index contributed by atoms with van der Waals surface area (Å²) in [6, 6.07) is 13.3. The van der Waals surface area contributed by atoms with Crippen LogP contribution in [0.1, 0.15) is 22.3 Å². The minimum atomic E-state index is -4.75. The molecule has 2 aromatic rings. The number of rotatable bonds is 2. The number of anilines is 1. The Balaban J connectivity index is 2.06. The fraction of sp³-hybridized carbons (Fsp3) is 0.176. The van der Waals surface area contributed by atoms with Crippen LogP contribution in [0.5, 0.6) is 0 Å². The van der Waals surface area contributed by atoms with Gasteiger partial charge in [0, 0.05) is 16.8 Å². The Morgan fingerprint density at radius 3 is 2.28 bits per heavy atom. The lowest BCUT2D eigenvalue weighted by molar-refractivity contribution is -0.0816. The number of nitrogens with zero attached hydrogens (tertiary/aromatic N) is 2. The van der Waals surface area contributed by atoms with Gasteiger partial charge in [0.25, 0.3) is 5.91 Å². The quantitative estimate of drug-likeness (QED) is 0.819. The summed E-state index contributed by atoms with van der Waals surface area (Å²) in [6.45, 7) is 0. The first kappa shape index (κ1) is 17.0. The third-order valence-corrected chi connectivity index (χ3v) is 3.90. The predicted octanol–water partition coefficient (Wildman–Crippen LogP) is 2.88. The molecule has 1 aliphatic heterocycles. The highest BCUT2D eigenvalue weighted by atomic mass is 19.4. The molecule has 1 heterocycles. The molecule has 2 aromatic carbocycles. The number of hydrazone groups is 1. The minimum absolute atomic E-state index is 0.0655. The van der Waals surface area contributed by atoms with Gasteiger partial charge in [-0.05, 0) is 24.3 Å². The van der Waals surface area contributed by atoms with Crippen LogP contribution < -0.4 is 5.73 Å². The van der Waals surface area contributed by atoms with Crippen molar-refractivity contribution in [2.45, 2.75) is 18.3 Å². The molecule has 0 spiro atoms. The number of hydrogen-bond acceptors (Lipinski definition) is 4. The molecule has 1 amide bonds. The number of carbonyl (C=O) groups excluding carboxylic acids is 1. The molecule has 5 nitrogen and oxygen atoms in total.